The van der Waals surface area contributed by atoms with Crippen molar-refractivity contribution in [3.05, 3.63) is 33.6 Å². The number of H-pyrrole nitrogens is 1. The van der Waals surface area contributed by atoms with Gasteiger partial charge in [0.25, 0.3) is 0 Å². The van der Waals surface area contributed by atoms with Crippen LogP contribution in [-0.4, -0.2) is 14.8 Å². The first-order valence-electron chi connectivity index (χ1n) is 4.26. The second-order valence-electron chi connectivity index (χ2n) is 3.00. The number of anilines is 1. The number of nitrogens with zero attached hydrogens (tertiary/aromatic N) is 3. The van der Waals surface area contributed by atoms with Crippen molar-refractivity contribution in [1.29, 1.82) is 5.26 Å². The molecule has 0 amide bonds. The molecule has 1 heterocycles. The molecule has 3 N–H and O–H groups in total. The Kier molecular flexibility index (Phi) is 2.64. The van der Waals surface area contributed by atoms with Gasteiger partial charge < -0.3 is 5.73 Å². The van der Waals surface area contributed by atoms with Crippen LogP contribution in [0.5, 0.6) is 0 Å². The minimum atomic E-state index is 0.219. The standard InChI is InChI=1S/C9H6ClN5S/c10-6-3-5(4-11)1-2-7(6)15-8(12)13-14-9(15)16/h1-3H,(H2,12,13)(H,14,16). The predicted molar refractivity (Wildman–Crippen MR) is 62.9 cm³/mol. The molecule has 0 atom stereocenters. The van der Waals surface area contributed by atoms with Crippen molar-refractivity contribution in [2.24, 2.45) is 0 Å². The molecule has 0 unspecified atom stereocenters. The maximum absolute atomic E-state index is 8.71. The number of nitrogens with one attached hydrogen (secondary N) is 1. The summed E-state index contributed by atoms with van der Waals surface area (Å²) in [6, 6.07) is 6.85. The molecule has 2 aromatic rings. The van der Waals surface area contributed by atoms with E-state index in [1.807, 2.05) is 6.07 Å². The molecule has 7 heteroatoms. The number of halogens is 1. The lowest BCUT2D eigenvalue weighted by molar-refractivity contribution is 1.04. The Balaban J connectivity index is 2.67. The van der Waals surface area contributed by atoms with E-state index in [4.69, 9.17) is 34.8 Å². The van der Waals surface area contributed by atoms with Crippen molar-refractivity contribution in [3.63, 3.8) is 0 Å². The SMILES string of the molecule is N#Cc1ccc(-n2c(N)n[nH]c2=S)c(Cl)c1. The molecule has 0 aliphatic carbocycles. The lowest BCUT2D eigenvalue weighted by atomic mass is 10.2. The summed E-state index contributed by atoms with van der Waals surface area (Å²) < 4.78 is 1.85. The van der Waals surface area contributed by atoms with Crippen molar-refractivity contribution in [3.8, 4) is 11.8 Å². The Labute approximate surface area is 101 Å². The van der Waals surface area contributed by atoms with Gasteiger partial charge in [-0.05, 0) is 30.4 Å². The molecule has 0 saturated carbocycles. The molecule has 0 spiro atoms. The molecule has 0 fully saturated rings. The number of hydrogen-bond donors (Lipinski definition) is 2. The summed E-state index contributed by atoms with van der Waals surface area (Å²) in [5, 5.41) is 15.4. The van der Waals surface area contributed by atoms with Crippen LogP contribution in [0.1, 0.15) is 5.56 Å². The third-order valence-corrected chi connectivity index (χ3v) is 2.59. The maximum atomic E-state index is 8.71. The molecule has 2 rings (SSSR count). The van der Waals surface area contributed by atoms with Crippen molar-refractivity contribution in [2.45, 2.75) is 0 Å². The van der Waals surface area contributed by atoms with E-state index >= 15 is 0 Å². The molecular weight excluding hydrogens is 246 g/mol. The number of aromatic amines is 1. The smallest absolute Gasteiger partial charge is 0.225 e. The van der Waals surface area contributed by atoms with E-state index in [-0.39, 0.29) is 5.95 Å². The molecule has 5 nitrogen and oxygen atoms in total. The summed E-state index contributed by atoms with van der Waals surface area (Å²) in [5.41, 5.74) is 6.71. The topological polar surface area (TPSA) is 83.4 Å². The number of benzene rings is 1. The highest BCUT2D eigenvalue weighted by molar-refractivity contribution is 7.71. The van der Waals surface area contributed by atoms with E-state index in [1.54, 1.807) is 18.2 Å². The van der Waals surface area contributed by atoms with Crippen molar-refractivity contribution >= 4 is 29.8 Å². The first kappa shape index (κ1) is 10.7. The maximum Gasteiger partial charge on any atom is 0.225 e. The molecule has 0 aliphatic rings. The monoisotopic (exact) mass is 251 g/mol. The second kappa shape index (κ2) is 3.96. The zero-order valence-corrected chi connectivity index (χ0v) is 9.51. The molecular formula is C9H6ClN5S. The molecule has 0 bridgehead atoms. The highest BCUT2D eigenvalue weighted by atomic mass is 35.5. The van der Waals surface area contributed by atoms with Crippen molar-refractivity contribution in [1.82, 2.24) is 14.8 Å². The summed E-state index contributed by atoms with van der Waals surface area (Å²) >= 11 is 11.0. The van der Waals surface area contributed by atoms with Crippen LogP contribution in [0, 0.1) is 16.1 Å². The normalized spacial score (nSPS) is 10.0. The van der Waals surface area contributed by atoms with E-state index < -0.39 is 0 Å². The molecule has 0 saturated heterocycles. The van der Waals surface area contributed by atoms with Gasteiger partial charge in [0.2, 0.25) is 10.7 Å². The zero-order valence-electron chi connectivity index (χ0n) is 7.94. The summed E-state index contributed by atoms with van der Waals surface area (Å²) in [7, 11) is 0. The van der Waals surface area contributed by atoms with Gasteiger partial charge in [0, 0.05) is 0 Å². The van der Waals surface area contributed by atoms with Crippen molar-refractivity contribution < 1.29 is 0 Å². The van der Waals surface area contributed by atoms with E-state index in [1.165, 1.54) is 4.57 Å². The van der Waals surface area contributed by atoms with E-state index in [2.05, 4.69) is 10.2 Å². The number of nitrogen functional groups attached to an aromatic ring is 1. The van der Waals surface area contributed by atoms with E-state index in [0.29, 0.717) is 21.0 Å². The van der Waals surface area contributed by atoms with Gasteiger partial charge in [0.05, 0.1) is 22.3 Å². The summed E-state index contributed by atoms with van der Waals surface area (Å²) in [5.74, 6) is 0.219. The van der Waals surface area contributed by atoms with Gasteiger partial charge in [-0.2, -0.15) is 5.26 Å². The highest BCUT2D eigenvalue weighted by Gasteiger charge is 2.09. The lowest BCUT2D eigenvalue weighted by Crippen LogP contribution is -2.01. The van der Waals surface area contributed by atoms with Crippen LogP contribution in [0.2, 0.25) is 5.02 Å². The summed E-state index contributed by atoms with van der Waals surface area (Å²) in [4.78, 5) is 0. The third-order valence-electron chi connectivity index (χ3n) is 2.02. The highest BCUT2D eigenvalue weighted by Crippen LogP contribution is 2.23. The Morgan fingerprint density at radius 3 is 2.81 bits per heavy atom. The number of nitriles is 1. The van der Waals surface area contributed by atoms with Gasteiger partial charge in [0.15, 0.2) is 0 Å². The minimum Gasteiger partial charge on any atom is -0.368 e. The molecule has 0 radical (unpaired) electrons. The Morgan fingerprint density at radius 2 is 2.31 bits per heavy atom. The number of rotatable bonds is 1. The number of nitrogens with two attached hydrogens (primary N) is 1. The summed E-state index contributed by atoms with van der Waals surface area (Å²) in [6.45, 7) is 0. The lowest BCUT2D eigenvalue weighted by Gasteiger charge is -2.05. The molecule has 1 aromatic carbocycles. The average molecular weight is 252 g/mol. The largest absolute Gasteiger partial charge is 0.368 e. The van der Waals surface area contributed by atoms with Crippen LogP contribution in [0.25, 0.3) is 5.69 Å². The predicted octanol–water partition coefficient (Wildman–Crippen LogP) is 2.04. The van der Waals surface area contributed by atoms with Gasteiger partial charge in [-0.25, -0.2) is 5.10 Å². The molecule has 0 aliphatic heterocycles. The van der Waals surface area contributed by atoms with Gasteiger partial charge in [-0.1, -0.05) is 11.6 Å². The fourth-order valence-corrected chi connectivity index (χ4v) is 1.80. The molecule has 80 valence electrons. The quantitative estimate of drug-likeness (QED) is 0.760. The van der Waals surface area contributed by atoms with Gasteiger partial charge in [-0.15, -0.1) is 5.10 Å². The molecule has 1 aromatic heterocycles. The number of aromatic nitrogens is 3. The van der Waals surface area contributed by atoms with Gasteiger partial charge in [-0.3, -0.25) is 4.57 Å². The second-order valence-corrected chi connectivity index (χ2v) is 3.79. The Morgan fingerprint density at radius 1 is 1.56 bits per heavy atom. The first-order chi connectivity index (χ1) is 7.63. The molecule has 16 heavy (non-hydrogen) atoms. The van der Waals surface area contributed by atoms with Crippen LogP contribution in [0.4, 0.5) is 5.95 Å². The fourth-order valence-electron chi connectivity index (χ4n) is 1.30. The zero-order chi connectivity index (χ0) is 11.7. The van der Waals surface area contributed by atoms with Crippen LogP contribution < -0.4 is 5.73 Å². The minimum absolute atomic E-state index is 0.219. The van der Waals surface area contributed by atoms with Gasteiger partial charge in [0.1, 0.15) is 0 Å². The number of hydrogen-bond acceptors (Lipinski definition) is 4. The van der Waals surface area contributed by atoms with Crippen molar-refractivity contribution in [2.75, 3.05) is 5.73 Å². The van der Waals surface area contributed by atoms with E-state index in [0.717, 1.165) is 0 Å². The average Bonchev–Trinajstić information content (AvgIpc) is 2.59. The van der Waals surface area contributed by atoms with Gasteiger partial charge >= 0.3 is 0 Å². The summed E-state index contributed by atoms with van der Waals surface area (Å²) in [6.07, 6.45) is 0. The fraction of sp³-hybridized carbons (Fsp3) is 0. The van der Waals surface area contributed by atoms with Crippen LogP contribution in [0.15, 0.2) is 18.2 Å². The van der Waals surface area contributed by atoms with Crippen LogP contribution in [0.3, 0.4) is 0 Å². The van der Waals surface area contributed by atoms with Crippen LogP contribution >= 0.6 is 23.8 Å². The Hall–Kier alpha value is -1.84. The first-order valence-corrected chi connectivity index (χ1v) is 5.05. The van der Waals surface area contributed by atoms with E-state index in [9.17, 15) is 0 Å². The Bertz CT molecular complexity index is 636. The third kappa shape index (κ3) is 1.66. The van der Waals surface area contributed by atoms with Crippen LogP contribution in [-0.2, 0) is 0 Å².